The van der Waals surface area contributed by atoms with Crippen LogP contribution in [0.2, 0.25) is 0 Å². The lowest BCUT2D eigenvalue weighted by molar-refractivity contribution is 0.0901. The van der Waals surface area contributed by atoms with Crippen LogP contribution < -0.4 is 5.73 Å². The highest BCUT2D eigenvalue weighted by Crippen LogP contribution is 2.22. The number of hydrogen-bond donors (Lipinski definition) is 1. The molecule has 1 atom stereocenters. The van der Waals surface area contributed by atoms with Crippen molar-refractivity contribution in [3.63, 3.8) is 0 Å². The first-order chi connectivity index (χ1) is 8.39. The summed E-state index contributed by atoms with van der Waals surface area (Å²) in [4.78, 5) is 16.6. The third-order valence-electron chi connectivity index (χ3n) is 3.09. The molecule has 0 saturated carbocycles. The number of ketones is 1. The maximum absolute atomic E-state index is 12.3. The molecule has 0 bridgehead atoms. The number of carbonyl (C=O) groups excluding carboxylic acids is 1. The quantitative estimate of drug-likeness (QED) is 0.824. The van der Waals surface area contributed by atoms with Crippen molar-refractivity contribution in [2.75, 3.05) is 0 Å². The molecule has 94 valence electrons. The molecule has 0 radical (unpaired) electrons. The number of pyridine rings is 1. The molecule has 0 aliphatic heterocycles. The molecule has 2 N–H and O–H groups in total. The average Bonchev–Trinajstić information content (AvgIpc) is 2.35. The predicted octanol–water partition coefficient (Wildman–Crippen LogP) is 2.79. The molecule has 3 heteroatoms. The van der Waals surface area contributed by atoms with Crippen molar-refractivity contribution in [2.45, 2.75) is 26.8 Å². The van der Waals surface area contributed by atoms with Crippen LogP contribution in [0.5, 0.6) is 0 Å². The highest BCUT2D eigenvalue weighted by atomic mass is 16.1. The van der Waals surface area contributed by atoms with Crippen molar-refractivity contribution in [1.82, 2.24) is 4.98 Å². The number of nitrogens with zero attached hydrogens (tertiary/aromatic N) is 1. The van der Waals surface area contributed by atoms with Crippen LogP contribution in [0.1, 0.15) is 31.1 Å². The van der Waals surface area contributed by atoms with E-state index < -0.39 is 6.04 Å². The van der Waals surface area contributed by atoms with Gasteiger partial charge >= 0.3 is 0 Å². The number of para-hydroxylation sites is 1. The molecule has 0 aliphatic rings. The fraction of sp³-hybridized carbons (Fsp3) is 0.333. The molecule has 1 aromatic heterocycles. The van der Waals surface area contributed by atoms with E-state index in [9.17, 15) is 4.79 Å². The number of Topliss-reactive ketones (excluding diaryl/α,β-unsaturated/α-hetero) is 1. The molecule has 18 heavy (non-hydrogen) atoms. The van der Waals surface area contributed by atoms with E-state index in [1.54, 1.807) is 6.20 Å². The summed E-state index contributed by atoms with van der Waals surface area (Å²) in [6.07, 6.45) is 1.61. The van der Waals surface area contributed by atoms with Crippen LogP contribution in [0.4, 0.5) is 0 Å². The Bertz CT molecular complexity index is 584. The third kappa shape index (κ3) is 2.41. The molecule has 3 nitrogen and oxygen atoms in total. The van der Waals surface area contributed by atoms with Crippen LogP contribution in [0.3, 0.4) is 0 Å². The van der Waals surface area contributed by atoms with Gasteiger partial charge in [0.15, 0.2) is 5.78 Å². The molecule has 1 aromatic carbocycles. The van der Waals surface area contributed by atoms with Crippen molar-refractivity contribution in [2.24, 2.45) is 11.1 Å². The fourth-order valence-corrected chi connectivity index (χ4v) is 1.78. The molecule has 1 unspecified atom stereocenters. The van der Waals surface area contributed by atoms with Gasteiger partial charge in [-0.2, -0.15) is 0 Å². The van der Waals surface area contributed by atoms with Gasteiger partial charge in [0.25, 0.3) is 0 Å². The van der Waals surface area contributed by atoms with Crippen molar-refractivity contribution in [3.8, 4) is 0 Å². The van der Waals surface area contributed by atoms with Crippen LogP contribution in [0, 0.1) is 5.41 Å². The first kappa shape index (κ1) is 12.7. The summed E-state index contributed by atoms with van der Waals surface area (Å²) in [5.41, 5.74) is 7.21. The molecule has 2 rings (SSSR count). The predicted molar refractivity (Wildman–Crippen MR) is 73.5 cm³/mol. The Balaban J connectivity index is 2.40. The van der Waals surface area contributed by atoms with Gasteiger partial charge in [-0.05, 0) is 17.5 Å². The van der Waals surface area contributed by atoms with Gasteiger partial charge < -0.3 is 5.73 Å². The SMILES string of the molecule is CC(C)(C)C(N)C(=O)c1cnc2ccccc2c1. The Hall–Kier alpha value is -1.74. The number of aromatic nitrogens is 1. The van der Waals surface area contributed by atoms with Crippen molar-refractivity contribution in [3.05, 3.63) is 42.1 Å². The summed E-state index contributed by atoms with van der Waals surface area (Å²) in [6.45, 7) is 5.89. The van der Waals surface area contributed by atoms with E-state index >= 15 is 0 Å². The average molecular weight is 242 g/mol. The zero-order valence-corrected chi connectivity index (χ0v) is 11.0. The number of fused-ring (bicyclic) bond motifs is 1. The minimum Gasteiger partial charge on any atom is -0.321 e. The van der Waals surface area contributed by atoms with Crippen LogP contribution in [0.15, 0.2) is 36.5 Å². The molecule has 0 saturated heterocycles. The van der Waals surface area contributed by atoms with E-state index in [2.05, 4.69) is 4.98 Å². The lowest BCUT2D eigenvalue weighted by atomic mass is 9.83. The monoisotopic (exact) mass is 242 g/mol. The number of hydrogen-bond acceptors (Lipinski definition) is 3. The zero-order valence-electron chi connectivity index (χ0n) is 11.0. The third-order valence-corrected chi connectivity index (χ3v) is 3.09. The standard InChI is InChI=1S/C15H18N2O/c1-15(2,3)14(16)13(18)11-8-10-6-4-5-7-12(10)17-9-11/h4-9,14H,16H2,1-3H3. The topological polar surface area (TPSA) is 56.0 Å². The number of nitrogens with two attached hydrogens (primary N) is 1. The number of benzene rings is 1. The second-order valence-corrected chi connectivity index (χ2v) is 5.62. The molecular weight excluding hydrogens is 224 g/mol. The number of rotatable bonds is 2. The minimum atomic E-state index is -0.513. The summed E-state index contributed by atoms with van der Waals surface area (Å²) in [5.74, 6) is -0.0549. The van der Waals surface area contributed by atoms with Crippen molar-refractivity contribution >= 4 is 16.7 Å². The lowest BCUT2D eigenvalue weighted by Gasteiger charge is -2.25. The highest BCUT2D eigenvalue weighted by Gasteiger charge is 2.28. The maximum Gasteiger partial charge on any atom is 0.181 e. The van der Waals surface area contributed by atoms with Gasteiger partial charge in [-0.25, -0.2) is 0 Å². The van der Waals surface area contributed by atoms with Crippen LogP contribution in [-0.2, 0) is 0 Å². The Kier molecular flexibility index (Phi) is 3.18. The zero-order chi connectivity index (χ0) is 13.3. The molecule has 0 amide bonds. The van der Waals surface area contributed by atoms with Crippen molar-refractivity contribution < 1.29 is 4.79 Å². The molecule has 2 aromatic rings. The van der Waals surface area contributed by atoms with Crippen LogP contribution in [0.25, 0.3) is 10.9 Å². The van der Waals surface area contributed by atoms with E-state index in [1.807, 2.05) is 51.1 Å². The first-order valence-electron chi connectivity index (χ1n) is 6.04. The summed E-state index contributed by atoms with van der Waals surface area (Å²) in [7, 11) is 0. The summed E-state index contributed by atoms with van der Waals surface area (Å²) in [5, 5.41) is 0.962. The number of carbonyl (C=O) groups is 1. The Labute approximate surface area is 107 Å². The highest BCUT2D eigenvalue weighted by molar-refractivity contribution is 6.02. The van der Waals surface area contributed by atoms with Gasteiger partial charge in [0.1, 0.15) is 0 Å². The second kappa shape index (κ2) is 4.50. The van der Waals surface area contributed by atoms with E-state index in [0.717, 1.165) is 10.9 Å². The summed E-state index contributed by atoms with van der Waals surface area (Å²) in [6, 6.07) is 9.07. The van der Waals surface area contributed by atoms with Gasteiger partial charge in [-0.15, -0.1) is 0 Å². The van der Waals surface area contributed by atoms with E-state index in [4.69, 9.17) is 5.73 Å². The van der Waals surface area contributed by atoms with E-state index in [0.29, 0.717) is 5.56 Å². The van der Waals surface area contributed by atoms with E-state index in [-0.39, 0.29) is 11.2 Å². The maximum atomic E-state index is 12.3. The first-order valence-corrected chi connectivity index (χ1v) is 6.04. The smallest absolute Gasteiger partial charge is 0.181 e. The molecule has 0 fully saturated rings. The van der Waals surface area contributed by atoms with Gasteiger partial charge in [0.05, 0.1) is 11.6 Å². The van der Waals surface area contributed by atoms with Crippen LogP contribution in [-0.4, -0.2) is 16.8 Å². The van der Waals surface area contributed by atoms with Crippen LogP contribution >= 0.6 is 0 Å². The summed E-state index contributed by atoms with van der Waals surface area (Å²) >= 11 is 0. The van der Waals surface area contributed by atoms with Crippen molar-refractivity contribution in [1.29, 1.82) is 0 Å². The minimum absolute atomic E-state index is 0.0549. The Morgan fingerprint density at radius 3 is 2.61 bits per heavy atom. The lowest BCUT2D eigenvalue weighted by Crippen LogP contribution is -2.42. The molecule has 0 aliphatic carbocycles. The second-order valence-electron chi connectivity index (χ2n) is 5.62. The summed E-state index contributed by atoms with van der Waals surface area (Å²) < 4.78 is 0. The molecule has 0 spiro atoms. The largest absolute Gasteiger partial charge is 0.321 e. The molecular formula is C15H18N2O. The normalized spacial score (nSPS) is 13.6. The van der Waals surface area contributed by atoms with Gasteiger partial charge in [-0.3, -0.25) is 9.78 Å². The Morgan fingerprint density at radius 1 is 1.28 bits per heavy atom. The Morgan fingerprint density at radius 2 is 1.94 bits per heavy atom. The van der Waals surface area contributed by atoms with E-state index in [1.165, 1.54) is 0 Å². The fourth-order valence-electron chi connectivity index (χ4n) is 1.78. The molecule has 1 heterocycles. The van der Waals surface area contributed by atoms with Gasteiger partial charge in [0.2, 0.25) is 0 Å². The van der Waals surface area contributed by atoms with Gasteiger partial charge in [-0.1, -0.05) is 39.0 Å². The van der Waals surface area contributed by atoms with Gasteiger partial charge in [0, 0.05) is 17.1 Å².